The lowest BCUT2D eigenvalue weighted by atomic mass is 9.99. The topological polar surface area (TPSA) is 82.4 Å². The summed E-state index contributed by atoms with van der Waals surface area (Å²) < 4.78 is 19.1. The van der Waals surface area contributed by atoms with E-state index in [0.717, 1.165) is 0 Å². The van der Waals surface area contributed by atoms with E-state index in [1.165, 1.54) is 12.2 Å². The number of hydrogen-bond donors (Lipinski definition) is 3. The number of alkyl halides is 1. The maximum Gasteiger partial charge on any atom is 0.170 e. The smallest absolute Gasteiger partial charge is 0.170 e. The first-order chi connectivity index (χ1) is 7.93. The zero-order valence-electron chi connectivity index (χ0n) is 10.2. The lowest BCUT2D eigenvalue weighted by Crippen LogP contribution is -2.62. The largest absolute Gasteiger partial charge is 0.394 e. The quantitative estimate of drug-likeness (QED) is 0.560. The van der Waals surface area contributed by atoms with E-state index in [4.69, 9.17) is 14.7 Å². The van der Waals surface area contributed by atoms with Gasteiger partial charge in [-0.2, -0.15) is 5.06 Å². The van der Waals surface area contributed by atoms with Gasteiger partial charge in [-0.25, -0.2) is 4.39 Å². The average Bonchev–Trinajstić information content (AvgIpc) is 2.29. The predicted molar refractivity (Wildman–Crippen MR) is 56.6 cm³/mol. The van der Waals surface area contributed by atoms with E-state index < -0.39 is 37.3 Å². The van der Waals surface area contributed by atoms with E-state index in [2.05, 4.69) is 0 Å². The van der Waals surface area contributed by atoms with Crippen LogP contribution in [-0.4, -0.2) is 70.9 Å². The number of hydroxylamine groups is 2. The maximum atomic E-state index is 13.9. The molecule has 1 saturated heterocycles. The molecule has 0 amide bonds. The fraction of sp³-hybridized carbons (Fsp3) is 1.00. The maximum absolute atomic E-state index is 13.9. The van der Waals surface area contributed by atoms with Crippen LogP contribution < -0.4 is 0 Å². The molecule has 1 aliphatic rings. The molecule has 3 N–H and O–H groups in total. The first kappa shape index (κ1) is 14.7. The Hall–Kier alpha value is -0.310. The molecule has 0 spiro atoms. The predicted octanol–water partition coefficient (Wildman–Crippen LogP) is -0.965. The van der Waals surface area contributed by atoms with Gasteiger partial charge < -0.3 is 20.1 Å². The molecule has 1 heterocycles. The molecule has 5 atom stereocenters. The highest BCUT2D eigenvalue weighted by Gasteiger charge is 2.47. The Bertz CT molecular complexity index is 241. The lowest BCUT2D eigenvalue weighted by Gasteiger charge is -2.43. The van der Waals surface area contributed by atoms with Gasteiger partial charge in [-0.3, -0.25) is 4.84 Å². The van der Waals surface area contributed by atoms with Crippen LogP contribution in [0.15, 0.2) is 0 Å². The third kappa shape index (κ3) is 2.93. The summed E-state index contributed by atoms with van der Waals surface area (Å²) in [5.74, 6) is 0. The fourth-order valence-corrected chi connectivity index (χ4v) is 1.87. The van der Waals surface area contributed by atoms with Crippen molar-refractivity contribution in [1.29, 1.82) is 0 Å². The van der Waals surface area contributed by atoms with Crippen LogP contribution in [0, 0.1) is 0 Å². The van der Waals surface area contributed by atoms with E-state index in [1.807, 2.05) is 0 Å². The van der Waals surface area contributed by atoms with E-state index in [0.29, 0.717) is 0 Å². The van der Waals surface area contributed by atoms with Crippen molar-refractivity contribution in [3.8, 4) is 0 Å². The Kier molecular flexibility index (Phi) is 5.23. The summed E-state index contributed by atoms with van der Waals surface area (Å²) in [6.45, 7) is 3.03. The molecule has 7 heteroatoms. The van der Waals surface area contributed by atoms with Gasteiger partial charge in [0, 0.05) is 6.04 Å². The van der Waals surface area contributed by atoms with Gasteiger partial charge in [-0.05, 0) is 13.8 Å². The van der Waals surface area contributed by atoms with Crippen molar-refractivity contribution in [3.05, 3.63) is 0 Å². The lowest BCUT2D eigenvalue weighted by molar-refractivity contribution is -0.326. The average molecular weight is 253 g/mol. The third-order valence-corrected chi connectivity index (χ3v) is 2.79. The zero-order valence-corrected chi connectivity index (χ0v) is 10.2. The van der Waals surface area contributed by atoms with Crippen LogP contribution in [0.25, 0.3) is 0 Å². The molecule has 0 radical (unpaired) electrons. The highest BCUT2D eigenvalue weighted by atomic mass is 19.1. The molecule has 0 bridgehead atoms. The molecular formula is C10H20FNO5. The molecule has 0 aliphatic carbocycles. The highest BCUT2D eigenvalue weighted by molar-refractivity contribution is 4.91. The number of aliphatic hydroxyl groups excluding tert-OH is 3. The van der Waals surface area contributed by atoms with Crippen LogP contribution in [0.1, 0.15) is 13.8 Å². The van der Waals surface area contributed by atoms with E-state index >= 15 is 0 Å². The van der Waals surface area contributed by atoms with Gasteiger partial charge in [-0.15, -0.1) is 0 Å². The summed E-state index contributed by atoms with van der Waals surface area (Å²) in [5, 5.41) is 29.3. The summed E-state index contributed by atoms with van der Waals surface area (Å²) >= 11 is 0. The number of halogens is 1. The fourth-order valence-electron chi connectivity index (χ4n) is 1.87. The van der Waals surface area contributed by atoms with Crippen molar-refractivity contribution in [2.75, 3.05) is 13.7 Å². The summed E-state index contributed by atoms with van der Waals surface area (Å²) in [7, 11) is 1.36. The second kappa shape index (κ2) is 6.03. The van der Waals surface area contributed by atoms with Crippen LogP contribution in [0.4, 0.5) is 4.39 Å². The van der Waals surface area contributed by atoms with Gasteiger partial charge in [0.05, 0.1) is 13.7 Å². The molecule has 1 fully saturated rings. The molecule has 0 aromatic carbocycles. The summed E-state index contributed by atoms with van der Waals surface area (Å²) in [5.41, 5.74) is 0. The number of nitrogens with zero attached hydrogens (tertiary/aromatic N) is 1. The van der Waals surface area contributed by atoms with E-state index in [9.17, 15) is 14.6 Å². The van der Waals surface area contributed by atoms with Gasteiger partial charge >= 0.3 is 0 Å². The first-order valence-corrected chi connectivity index (χ1v) is 5.53. The van der Waals surface area contributed by atoms with Gasteiger partial charge in [0.15, 0.2) is 12.4 Å². The van der Waals surface area contributed by atoms with Crippen molar-refractivity contribution >= 4 is 0 Å². The van der Waals surface area contributed by atoms with Crippen molar-refractivity contribution in [2.45, 2.75) is 50.6 Å². The van der Waals surface area contributed by atoms with Crippen LogP contribution in [0.2, 0.25) is 0 Å². The summed E-state index contributed by atoms with van der Waals surface area (Å²) in [6, 6.07) is -0.176. The van der Waals surface area contributed by atoms with Crippen LogP contribution >= 0.6 is 0 Å². The van der Waals surface area contributed by atoms with Crippen LogP contribution in [-0.2, 0) is 9.57 Å². The summed E-state index contributed by atoms with van der Waals surface area (Å²) in [6.07, 6.45) is -7.05. The molecule has 0 aromatic heterocycles. The van der Waals surface area contributed by atoms with Crippen molar-refractivity contribution in [2.24, 2.45) is 0 Å². The van der Waals surface area contributed by atoms with Gasteiger partial charge in [0.2, 0.25) is 0 Å². The molecular weight excluding hydrogens is 233 g/mol. The van der Waals surface area contributed by atoms with E-state index in [-0.39, 0.29) is 6.04 Å². The Balaban J connectivity index is 2.84. The minimum atomic E-state index is -1.81. The van der Waals surface area contributed by atoms with Crippen molar-refractivity contribution in [3.63, 3.8) is 0 Å². The van der Waals surface area contributed by atoms with Crippen molar-refractivity contribution < 1.29 is 29.3 Å². The number of rotatable bonds is 4. The molecule has 102 valence electrons. The number of hydrogen-bond acceptors (Lipinski definition) is 6. The summed E-state index contributed by atoms with van der Waals surface area (Å²) in [4.78, 5) is 4.99. The molecule has 1 aliphatic heterocycles. The van der Waals surface area contributed by atoms with Crippen LogP contribution in [0.3, 0.4) is 0 Å². The van der Waals surface area contributed by atoms with Gasteiger partial charge in [-0.1, -0.05) is 0 Å². The third-order valence-electron chi connectivity index (χ3n) is 2.79. The Morgan fingerprint density at radius 1 is 1.35 bits per heavy atom. The zero-order chi connectivity index (χ0) is 13.2. The SMILES string of the molecule is CON(C(C)C)[C@@H]1OC(CO)[C@@H](O)C(O)C1F. The molecule has 17 heavy (non-hydrogen) atoms. The molecule has 1 rings (SSSR count). The molecule has 0 saturated carbocycles. The highest BCUT2D eigenvalue weighted by Crippen LogP contribution is 2.26. The minimum Gasteiger partial charge on any atom is -0.394 e. The molecule has 6 nitrogen and oxygen atoms in total. The minimum absolute atomic E-state index is 0.176. The van der Waals surface area contributed by atoms with Gasteiger partial charge in [0.1, 0.15) is 18.3 Å². The normalized spacial score (nSPS) is 39.0. The Morgan fingerprint density at radius 2 is 1.94 bits per heavy atom. The number of aliphatic hydroxyl groups is 3. The van der Waals surface area contributed by atoms with Gasteiger partial charge in [0.25, 0.3) is 0 Å². The molecule has 0 aromatic rings. The second-order valence-electron chi connectivity index (χ2n) is 4.31. The van der Waals surface area contributed by atoms with Crippen molar-refractivity contribution in [1.82, 2.24) is 5.06 Å². The Morgan fingerprint density at radius 3 is 2.35 bits per heavy atom. The standard InChI is InChI=1S/C10H20FNO5/c1-5(2)12(16-3)10-7(11)9(15)8(14)6(4-13)17-10/h5-10,13-15H,4H2,1-3H3/t6?,7?,8-,9?,10-/m1/s1. The first-order valence-electron chi connectivity index (χ1n) is 5.53. The monoisotopic (exact) mass is 253 g/mol. The van der Waals surface area contributed by atoms with Crippen LogP contribution in [0.5, 0.6) is 0 Å². The Labute approximate surface area is 99.5 Å². The van der Waals surface area contributed by atoms with E-state index in [1.54, 1.807) is 13.8 Å². The molecule has 3 unspecified atom stereocenters. The number of ether oxygens (including phenoxy) is 1. The second-order valence-corrected chi connectivity index (χ2v) is 4.31.